The smallest absolute Gasteiger partial charge is 0.257 e. The van der Waals surface area contributed by atoms with Crippen LogP contribution in [0.3, 0.4) is 0 Å². The Labute approximate surface area is 110 Å². The molecule has 0 aliphatic heterocycles. The third kappa shape index (κ3) is 2.41. The van der Waals surface area contributed by atoms with Gasteiger partial charge in [0.2, 0.25) is 0 Å². The monoisotopic (exact) mass is 259 g/mol. The summed E-state index contributed by atoms with van der Waals surface area (Å²) in [6.45, 7) is 3.74. The van der Waals surface area contributed by atoms with Crippen LogP contribution in [0.5, 0.6) is 11.6 Å². The van der Waals surface area contributed by atoms with Gasteiger partial charge in [-0.15, -0.1) is 0 Å². The van der Waals surface area contributed by atoms with E-state index in [0.717, 1.165) is 11.1 Å². The fourth-order valence-electron chi connectivity index (χ4n) is 1.65. The molecule has 0 saturated heterocycles. The van der Waals surface area contributed by atoms with E-state index in [1.807, 2.05) is 13.8 Å². The lowest BCUT2D eigenvalue weighted by Crippen LogP contribution is -1.95. The summed E-state index contributed by atoms with van der Waals surface area (Å²) in [5.41, 5.74) is 2.31. The normalized spacial score (nSPS) is 9.89. The van der Waals surface area contributed by atoms with Gasteiger partial charge in [-0.05, 0) is 37.1 Å². The minimum Gasteiger partial charge on any atom is -0.436 e. The second kappa shape index (κ2) is 5.03. The second-order valence-corrected chi connectivity index (χ2v) is 4.16. The van der Waals surface area contributed by atoms with Gasteiger partial charge in [0.25, 0.3) is 5.88 Å². The molecule has 0 aliphatic carbocycles. The third-order valence-corrected chi connectivity index (χ3v) is 2.67. The summed E-state index contributed by atoms with van der Waals surface area (Å²) in [4.78, 5) is 7.91. The van der Waals surface area contributed by atoms with Gasteiger partial charge in [0.1, 0.15) is 5.75 Å². The molecule has 5 heteroatoms. The molecule has 0 radical (unpaired) electrons. The number of aryl methyl sites for hydroxylation is 2. The number of aromatic nitrogens is 2. The fraction of sp³-hybridized carbons (Fsp3) is 0.154. The van der Waals surface area contributed by atoms with E-state index in [0.29, 0.717) is 11.3 Å². The van der Waals surface area contributed by atoms with Crippen molar-refractivity contribution in [1.29, 1.82) is 5.26 Å². The van der Waals surface area contributed by atoms with Crippen molar-refractivity contribution < 1.29 is 4.74 Å². The van der Waals surface area contributed by atoms with E-state index in [2.05, 4.69) is 16.0 Å². The first-order valence-corrected chi connectivity index (χ1v) is 5.65. The van der Waals surface area contributed by atoms with Crippen LogP contribution in [0.2, 0.25) is 5.15 Å². The number of hydrogen-bond donors (Lipinski definition) is 0. The highest BCUT2D eigenvalue weighted by Gasteiger charge is 2.11. The Balaban J connectivity index is 2.42. The largest absolute Gasteiger partial charge is 0.436 e. The average Bonchev–Trinajstić information content (AvgIpc) is 2.35. The predicted octanol–water partition coefficient (Wildman–Crippen LogP) is 3.41. The van der Waals surface area contributed by atoms with Crippen LogP contribution in [0, 0.1) is 25.2 Å². The average molecular weight is 260 g/mol. The zero-order chi connectivity index (χ0) is 13.1. The van der Waals surface area contributed by atoms with Crippen molar-refractivity contribution in [2.75, 3.05) is 0 Å². The van der Waals surface area contributed by atoms with Gasteiger partial charge >= 0.3 is 0 Å². The molecular weight excluding hydrogens is 250 g/mol. The molecule has 0 fully saturated rings. The van der Waals surface area contributed by atoms with Gasteiger partial charge in [0, 0.05) is 12.4 Å². The lowest BCUT2D eigenvalue weighted by atomic mass is 10.1. The highest BCUT2D eigenvalue weighted by molar-refractivity contribution is 6.30. The van der Waals surface area contributed by atoms with Gasteiger partial charge in [-0.25, -0.2) is 9.97 Å². The molecule has 1 heterocycles. The molecule has 0 aliphatic rings. The van der Waals surface area contributed by atoms with Crippen LogP contribution in [0.15, 0.2) is 24.5 Å². The van der Waals surface area contributed by atoms with Crippen LogP contribution in [-0.2, 0) is 0 Å². The molecule has 1 aromatic heterocycles. The molecule has 0 N–H and O–H groups in total. The molecular formula is C13H10ClN3O. The van der Waals surface area contributed by atoms with Crippen LogP contribution in [0.1, 0.15) is 16.7 Å². The first kappa shape index (κ1) is 12.3. The van der Waals surface area contributed by atoms with E-state index in [1.165, 1.54) is 12.4 Å². The molecule has 0 saturated carbocycles. The summed E-state index contributed by atoms with van der Waals surface area (Å²) in [6, 6.07) is 5.61. The minimum absolute atomic E-state index is 0.209. The Morgan fingerprint density at radius 2 is 1.78 bits per heavy atom. The van der Waals surface area contributed by atoms with Crippen molar-refractivity contribution >= 4 is 11.6 Å². The maximum atomic E-state index is 8.88. The van der Waals surface area contributed by atoms with E-state index < -0.39 is 0 Å². The summed E-state index contributed by atoms with van der Waals surface area (Å²) in [6.07, 6.45) is 3.00. The lowest BCUT2D eigenvalue weighted by Gasteiger charge is -2.11. The molecule has 0 bridgehead atoms. The van der Waals surface area contributed by atoms with Crippen LogP contribution < -0.4 is 4.74 Å². The number of rotatable bonds is 2. The van der Waals surface area contributed by atoms with Crippen LogP contribution in [0.4, 0.5) is 0 Å². The Morgan fingerprint density at radius 1 is 1.17 bits per heavy atom. The maximum Gasteiger partial charge on any atom is 0.257 e. The van der Waals surface area contributed by atoms with Gasteiger partial charge in [-0.1, -0.05) is 11.6 Å². The van der Waals surface area contributed by atoms with Crippen molar-refractivity contribution in [3.63, 3.8) is 0 Å². The van der Waals surface area contributed by atoms with Crippen molar-refractivity contribution in [2.45, 2.75) is 13.8 Å². The van der Waals surface area contributed by atoms with E-state index in [-0.39, 0.29) is 11.0 Å². The zero-order valence-corrected chi connectivity index (χ0v) is 10.7. The van der Waals surface area contributed by atoms with E-state index in [9.17, 15) is 0 Å². The molecule has 0 unspecified atom stereocenters. The van der Waals surface area contributed by atoms with Crippen LogP contribution in [0.25, 0.3) is 0 Å². The SMILES string of the molecule is Cc1cc(C#N)cc(C)c1Oc1nccnc1Cl. The first-order chi connectivity index (χ1) is 8.61. The summed E-state index contributed by atoms with van der Waals surface area (Å²) in [7, 11) is 0. The van der Waals surface area contributed by atoms with Crippen LogP contribution >= 0.6 is 11.6 Å². The lowest BCUT2D eigenvalue weighted by molar-refractivity contribution is 0.453. The van der Waals surface area contributed by atoms with Crippen LogP contribution in [-0.4, -0.2) is 9.97 Å². The number of nitrogens with zero attached hydrogens (tertiary/aromatic N) is 3. The Bertz CT molecular complexity index is 611. The quantitative estimate of drug-likeness (QED) is 0.829. The topological polar surface area (TPSA) is 58.8 Å². The van der Waals surface area contributed by atoms with Gasteiger partial charge in [0.15, 0.2) is 5.15 Å². The minimum atomic E-state index is 0.209. The molecule has 4 nitrogen and oxygen atoms in total. The fourth-order valence-corrected chi connectivity index (χ4v) is 1.79. The highest BCUT2D eigenvalue weighted by Crippen LogP contribution is 2.31. The predicted molar refractivity (Wildman–Crippen MR) is 67.7 cm³/mol. The molecule has 90 valence electrons. The summed E-state index contributed by atoms with van der Waals surface area (Å²) in [5, 5.41) is 9.09. The number of nitriles is 1. The number of benzene rings is 1. The molecule has 18 heavy (non-hydrogen) atoms. The maximum absolute atomic E-state index is 8.88. The molecule has 0 atom stereocenters. The summed E-state index contributed by atoms with van der Waals surface area (Å²) < 4.78 is 5.66. The van der Waals surface area contributed by atoms with E-state index >= 15 is 0 Å². The number of halogens is 1. The highest BCUT2D eigenvalue weighted by atomic mass is 35.5. The molecule has 0 spiro atoms. The van der Waals surface area contributed by atoms with Gasteiger partial charge in [-0.2, -0.15) is 5.26 Å². The van der Waals surface area contributed by atoms with Crippen molar-refractivity contribution in [2.24, 2.45) is 0 Å². The van der Waals surface area contributed by atoms with Gasteiger partial charge < -0.3 is 4.74 Å². The molecule has 2 rings (SSSR count). The van der Waals surface area contributed by atoms with Crippen molar-refractivity contribution in [3.8, 4) is 17.7 Å². The first-order valence-electron chi connectivity index (χ1n) is 5.27. The Kier molecular flexibility index (Phi) is 3.45. The summed E-state index contributed by atoms with van der Waals surface area (Å²) >= 11 is 5.89. The molecule has 1 aromatic carbocycles. The van der Waals surface area contributed by atoms with Gasteiger partial charge in [-0.3, -0.25) is 0 Å². The van der Waals surface area contributed by atoms with E-state index in [4.69, 9.17) is 21.6 Å². The number of hydrogen-bond acceptors (Lipinski definition) is 4. The molecule has 0 amide bonds. The van der Waals surface area contributed by atoms with Gasteiger partial charge in [0.05, 0.1) is 11.6 Å². The summed E-state index contributed by atoms with van der Waals surface area (Å²) in [5.74, 6) is 0.909. The standard InChI is InChI=1S/C13H10ClN3O/c1-8-5-10(7-15)6-9(2)11(8)18-13-12(14)16-3-4-17-13/h3-6H,1-2H3. The molecule has 2 aromatic rings. The third-order valence-electron chi connectivity index (χ3n) is 2.41. The van der Waals surface area contributed by atoms with E-state index in [1.54, 1.807) is 12.1 Å². The van der Waals surface area contributed by atoms with Crippen molar-refractivity contribution in [3.05, 3.63) is 46.4 Å². The Hall–Kier alpha value is -2.12. The van der Waals surface area contributed by atoms with Crippen molar-refractivity contribution in [1.82, 2.24) is 9.97 Å². The zero-order valence-electron chi connectivity index (χ0n) is 9.94. The number of ether oxygens (including phenoxy) is 1. The Morgan fingerprint density at radius 3 is 2.33 bits per heavy atom. The second-order valence-electron chi connectivity index (χ2n) is 3.81.